The zero-order chi connectivity index (χ0) is 10.5. The van der Waals surface area contributed by atoms with Gasteiger partial charge in [-0.1, -0.05) is 57.8 Å². The van der Waals surface area contributed by atoms with Crippen molar-refractivity contribution < 1.29 is 34.7 Å². The van der Waals surface area contributed by atoms with Gasteiger partial charge in [-0.15, -0.1) is 0 Å². The summed E-state index contributed by atoms with van der Waals surface area (Å²) in [6, 6.07) is 0. The molecular weight excluding hydrogens is 195 g/mol. The van der Waals surface area contributed by atoms with Crippen molar-refractivity contribution in [3.63, 3.8) is 0 Å². The van der Waals surface area contributed by atoms with Crippen LogP contribution >= 0.6 is 0 Å². The van der Waals surface area contributed by atoms with Gasteiger partial charge in [-0.05, 0) is 6.42 Å². The molecule has 0 amide bonds. The second kappa shape index (κ2) is 17.4. The summed E-state index contributed by atoms with van der Waals surface area (Å²) in [4.78, 5) is 0. The Morgan fingerprint density at radius 1 is 0.600 bits per heavy atom. The maximum absolute atomic E-state index is 8.58. The summed E-state index contributed by atoms with van der Waals surface area (Å²) in [5, 5.41) is 8.58. The molecule has 0 atom stereocenters. The smallest absolute Gasteiger partial charge is 0.396 e. The van der Waals surface area contributed by atoms with Crippen LogP contribution in [0.1, 0.15) is 70.6 Å². The van der Waals surface area contributed by atoms with E-state index in [9.17, 15) is 0 Å². The molecule has 0 aromatic rings. The first-order valence-electron chi connectivity index (χ1n) is 6.32. The molecule has 0 fully saturated rings. The van der Waals surface area contributed by atoms with Crippen molar-refractivity contribution in [2.24, 2.45) is 0 Å². The molecular formula is C13H27NaO. The Kier molecular flexibility index (Phi) is 21.2. The Morgan fingerprint density at radius 2 is 0.933 bits per heavy atom. The fourth-order valence-electron chi connectivity index (χ4n) is 1.70. The van der Waals surface area contributed by atoms with Crippen LogP contribution in [-0.2, 0) is 0 Å². The molecule has 0 aromatic heterocycles. The average molecular weight is 222 g/mol. The summed E-state index contributed by atoms with van der Waals surface area (Å²) < 4.78 is 0. The molecule has 15 heavy (non-hydrogen) atoms. The molecule has 86 valence electrons. The fourth-order valence-corrected chi connectivity index (χ4v) is 1.70. The van der Waals surface area contributed by atoms with Gasteiger partial charge >= 0.3 is 29.6 Å². The van der Waals surface area contributed by atoms with Crippen LogP contribution in [0.5, 0.6) is 0 Å². The van der Waals surface area contributed by atoms with Gasteiger partial charge < -0.3 is 12.0 Å². The second-order valence-electron chi connectivity index (χ2n) is 4.11. The molecule has 0 spiro atoms. The third-order valence-corrected chi connectivity index (χ3v) is 2.66. The van der Waals surface area contributed by atoms with Crippen LogP contribution in [0.3, 0.4) is 0 Å². The first-order chi connectivity index (χ1) is 6.91. The van der Waals surface area contributed by atoms with E-state index in [0.717, 1.165) is 12.8 Å². The Bertz CT molecular complexity index is 84.5. The summed E-state index contributed by atoms with van der Waals surface area (Å²) in [6.07, 6.45) is 14.2. The summed E-state index contributed by atoms with van der Waals surface area (Å²) in [7, 11) is 0. The van der Waals surface area contributed by atoms with Gasteiger partial charge in [0, 0.05) is 6.61 Å². The van der Waals surface area contributed by atoms with Crippen LogP contribution in [0, 0.1) is 6.92 Å². The monoisotopic (exact) mass is 222 g/mol. The van der Waals surface area contributed by atoms with Crippen molar-refractivity contribution in [2.45, 2.75) is 70.6 Å². The largest absolute Gasteiger partial charge is 1.00 e. The van der Waals surface area contributed by atoms with Crippen LogP contribution in [0.25, 0.3) is 0 Å². The van der Waals surface area contributed by atoms with E-state index in [2.05, 4.69) is 6.92 Å². The van der Waals surface area contributed by atoms with Crippen molar-refractivity contribution >= 4 is 0 Å². The van der Waals surface area contributed by atoms with E-state index in [1.54, 1.807) is 0 Å². The van der Waals surface area contributed by atoms with Crippen molar-refractivity contribution in [3.8, 4) is 0 Å². The van der Waals surface area contributed by atoms with E-state index < -0.39 is 0 Å². The number of hydrogen-bond acceptors (Lipinski definition) is 1. The van der Waals surface area contributed by atoms with E-state index in [-0.39, 0.29) is 29.6 Å². The van der Waals surface area contributed by atoms with Gasteiger partial charge in [0.1, 0.15) is 0 Å². The van der Waals surface area contributed by atoms with E-state index >= 15 is 0 Å². The number of aliphatic hydroxyl groups excluding tert-OH is 1. The Morgan fingerprint density at radius 3 is 1.27 bits per heavy atom. The minimum Gasteiger partial charge on any atom is -0.396 e. The number of rotatable bonds is 11. The molecule has 0 saturated heterocycles. The number of unbranched alkanes of at least 4 members (excludes halogenated alkanes) is 10. The summed E-state index contributed by atoms with van der Waals surface area (Å²) in [5.74, 6) is 0. The zero-order valence-electron chi connectivity index (χ0n) is 10.6. The molecule has 0 aliphatic rings. The first-order valence-corrected chi connectivity index (χ1v) is 6.32. The van der Waals surface area contributed by atoms with Gasteiger partial charge in [0.25, 0.3) is 0 Å². The minimum absolute atomic E-state index is 0. The van der Waals surface area contributed by atoms with Crippen molar-refractivity contribution in [1.29, 1.82) is 0 Å². The molecule has 0 unspecified atom stereocenters. The quantitative estimate of drug-likeness (QED) is 0.315. The van der Waals surface area contributed by atoms with Gasteiger partial charge in [0.15, 0.2) is 0 Å². The summed E-state index contributed by atoms with van der Waals surface area (Å²) in [6.45, 7) is 4.21. The number of hydrogen-bond donors (Lipinski definition) is 1. The van der Waals surface area contributed by atoms with Gasteiger partial charge in [-0.2, -0.15) is 6.42 Å². The average Bonchev–Trinajstić information content (AvgIpc) is 2.21. The molecule has 0 rings (SSSR count). The molecule has 0 heterocycles. The molecule has 0 bridgehead atoms. The van der Waals surface area contributed by atoms with Crippen LogP contribution < -0.4 is 29.6 Å². The topological polar surface area (TPSA) is 20.2 Å². The molecule has 0 aliphatic carbocycles. The maximum atomic E-state index is 8.58. The predicted molar refractivity (Wildman–Crippen MR) is 63.2 cm³/mol. The normalized spacial score (nSPS) is 10.0. The zero-order valence-corrected chi connectivity index (χ0v) is 12.6. The molecule has 2 heteroatoms. The van der Waals surface area contributed by atoms with E-state index in [1.165, 1.54) is 57.8 Å². The SMILES string of the molecule is [CH2-]CCCCCCCCCCCCO.[Na+]. The second-order valence-corrected chi connectivity index (χ2v) is 4.11. The third kappa shape index (κ3) is 17.6. The van der Waals surface area contributed by atoms with Gasteiger partial charge in [0.2, 0.25) is 0 Å². The van der Waals surface area contributed by atoms with Crippen molar-refractivity contribution in [3.05, 3.63) is 6.92 Å². The van der Waals surface area contributed by atoms with Crippen LogP contribution in [0.2, 0.25) is 0 Å². The third-order valence-electron chi connectivity index (χ3n) is 2.66. The molecule has 0 aliphatic heterocycles. The van der Waals surface area contributed by atoms with Crippen molar-refractivity contribution in [1.82, 2.24) is 0 Å². The number of aliphatic hydroxyl groups is 1. The van der Waals surface area contributed by atoms with Crippen LogP contribution in [-0.4, -0.2) is 11.7 Å². The Hall–Kier alpha value is 0.960. The van der Waals surface area contributed by atoms with Gasteiger partial charge in [0.05, 0.1) is 0 Å². The Labute approximate surface area is 118 Å². The summed E-state index contributed by atoms with van der Waals surface area (Å²) in [5.41, 5.74) is 0. The van der Waals surface area contributed by atoms with E-state index in [1.807, 2.05) is 0 Å². The van der Waals surface area contributed by atoms with E-state index in [0.29, 0.717) is 6.61 Å². The predicted octanol–water partition coefficient (Wildman–Crippen LogP) is 1.11. The standard InChI is InChI=1S/C13H27O.Na/c1-2-3-4-5-6-7-8-9-10-11-12-13-14;/h14H,1-13H2;/q-1;+1. The maximum Gasteiger partial charge on any atom is 1.00 e. The van der Waals surface area contributed by atoms with Crippen molar-refractivity contribution in [2.75, 3.05) is 6.61 Å². The molecule has 0 aromatic carbocycles. The van der Waals surface area contributed by atoms with Gasteiger partial charge in [-0.25, -0.2) is 0 Å². The molecule has 0 saturated carbocycles. The fraction of sp³-hybridized carbons (Fsp3) is 0.923. The molecule has 1 nitrogen and oxygen atoms in total. The Balaban J connectivity index is 0. The van der Waals surface area contributed by atoms with Gasteiger partial charge in [-0.3, -0.25) is 0 Å². The minimum atomic E-state index is 0. The van der Waals surface area contributed by atoms with Crippen LogP contribution in [0.15, 0.2) is 0 Å². The molecule has 0 radical (unpaired) electrons. The first kappa shape index (κ1) is 18.3. The summed E-state index contributed by atoms with van der Waals surface area (Å²) >= 11 is 0. The molecule has 1 N–H and O–H groups in total. The van der Waals surface area contributed by atoms with E-state index in [4.69, 9.17) is 5.11 Å². The van der Waals surface area contributed by atoms with Crippen LogP contribution in [0.4, 0.5) is 0 Å².